The van der Waals surface area contributed by atoms with E-state index in [1.807, 2.05) is 42.5 Å². The van der Waals surface area contributed by atoms with Crippen molar-refractivity contribution < 1.29 is 4.74 Å². The van der Waals surface area contributed by atoms with Gasteiger partial charge in [-0.05, 0) is 42.2 Å². The Morgan fingerprint density at radius 3 is 2.68 bits per heavy atom. The zero-order valence-corrected chi connectivity index (χ0v) is 13.9. The summed E-state index contributed by atoms with van der Waals surface area (Å²) in [4.78, 5) is 4.69. The molecule has 0 aliphatic heterocycles. The molecule has 5 heteroatoms. The van der Waals surface area contributed by atoms with E-state index in [9.17, 15) is 0 Å². The molecule has 2 aromatic carbocycles. The molecule has 1 heterocycles. The highest BCUT2D eigenvalue weighted by atomic mass is 35.5. The average Bonchev–Trinajstić information content (AvgIpc) is 2.88. The summed E-state index contributed by atoms with van der Waals surface area (Å²) in [6, 6.07) is 15.6. The summed E-state index contributed by atoms with van der Waals surface area (Å²) in [5.41, 5.74) is 2.18. The van der Waals surface area contributed by atoms with Gasteiger partial charge in [0.15, 0.2) is 5.16 Å². The van der Waals surface area contributed by atoms with Crippen LogP contribution >= 0.6 is 23.4 Å². The molecule has 0 unspecified atom stereocenters. The van der Waals surface area contributed by atoms with Gasteiger partial charge in [-0.2, -0.15) is 0 Å². The fourth-order valence-electron chi connectivity index (χ4n) is 2.29. The first-order chi connectivity index (χ1) is 10.8. The van der Waals surface area contributed by atoms with Gasteiger partial charge in [0.25, 0.3) is 0 Å². The number of para-hydroxylation sites is 2. The monoisotopic (exact) mass is 332 g/mol. The number of halogens is 1. The van der Waals surface area contributed by atoms with Gasteiger partial charge in [0.05, 0.1) is 17.6 Å². The highest BCUT2D eigenvalue weighted by Crippen LogP contribution is 2.24. The van der Waals surface area contributed by atoms with Crippen LogP contribution < -0.4 is 4.74 Å². The highest BCUT2D eigenvalue weighted by Gasteiger charge is 2.10. The summed E-state index contributed by atoms with van der Waals surface area (Å²) >= 11 is 7.63. The van der Waals surface area contributed by atoms with Crippen LogP contribution in [-0.2, 0) is 6.54 Å². The Labute approximate surface area is 139 Å². The van der Waals surface area contributed by atoms with E-state index in [1.165, 1.54) is 0 Å². The van der Waals surface area contributed by atoms with E-state index in [4.69, 9.17) is 21.3 Å². The molecule has 114 valence electrons. The van der Waals surface area contributed by atoms with Crippen LogP contribution in [0.4, 0.5) is 0 Å². The van der Waals surface area contributed by atoms with Crippen molar-refractivity contribution >= 4 is 34.4 Å². The molecule has 0 aliphatic rings. The van der Waals surface area contributed by atoms with E-state index in [1.54, 1.807) is 11.8 Å². The SMILES string of the molecule is CCSc1nc2ccccc2n1CCOc1ccc(Cl)cc1. The topological polar surface area (TPSA) is 27.1 Å². The van der Waals surface area contributed by atoms with E-state index < -0.39 is 0 Å². The summed E-state index contributed by atoms with van der Waals surface area (Å²) in [5.74, 6) is 1.83. The van der Waals surface area contributed by atoms with Gasteiger partial charge in [0, 0.05) is 5.02 Å². The normalized spacial score (nSPS) is 11.0. The van der Waals surface area contributed by atoms with Crippen molar-refractivity contribution in [3.05, 3.63) is 53.6 Å². The van der Waals surface area contributed by atoms with Crippen molar-refractivity contribution in [2.24, 2.45) is 0 Å². The fourth-order valence-corrected chi connectivity index (χ4v) is 3.19. The zero-order valence-electron chi connectivity index (χ0n) is 12.3. The molecule has 0 saturated carbocycles. The standard InChI is InChI=1S/C17H17ClN2OS/c1-2-22-17-19-15-5-3-4-6-16(15)20(17)11-12-21-14-9-7-13(18)8-10-14/h3-10H,2,11-12H2,1H3. The van der Waals surface area contributed by atoms with Crippen LogP contribution in [0.15, 0.2) is 53.7 Å². The average molecular weight is 333 g/mol. The lowest BCUT2D eigenvalue weighted by Gasteiger charge is -2.10. The Bertz CT molecular complexity index is 755. The molecular formula is C17H17ClN2OS. The van der Waals surface area contributed by atoms with E-state index in [0.717, 1.165) is 39.3 Å². The molecule has 1 aromatic heterocycles. The largest absolute Gasteiger partial charge is 0.492 e. The number of rotatable bonds is 6. The minimum atomic E-state index is 0.596. The third kappa shape index (κ3) is 3.39. The van der Waals surface area contributed by atoms with Crippen LogP contribution in [0.3, 0.4) is 0 Å². The van der Waals surface area contributed by atoms with Gasteiger partial charge in [0.2, 0.25) is 0 Å². The summed E-state index contributed by atoms with van der Waals surface area (Å²) in [6.45, 7) is 3.50. The number of fused-ring (bicyclic) bond motifs is 1. The minimum absolute atomic E-state index is 0.596. The smallest absolute Gasteiger partial charge is 0.169 e. The summed E-state index contributed by atoms with van der Waals surface area (Å²) in [7, 11) is 0. The molecule has 3 rings (SSSR count). The molecule has 22 heavy (non-hydrogen) atoms. The van der Waals surface area contributed by atoms with Crippen molar-refractivity contribution in [3.8, 4) is 5.75 Å². The lowest BCUT2D eigenvalue weighted by Crippen LogP contribution is -2.09. The summed E-state index contributed by atoms with van der Waals surface area (Å²) < 4.78 is 8.02. The number of benzene rings is 2. The van der Waals surface area contributed by atoms with E-state index in [-0.39, 0.29) is 0 Å². The quantitative estimate of drug-likeness (QED) is 0.602. The second-order valence-corrected chi connectivity index (χ2v) is 6.44. The van der Waals surface area contributed by atoms with Crippen molar-refractivity contribution in [1.29, 1.82) is 0 Å². The predicted octanol–water partition coefficient (Wildman–Crippen LogP) is 4.88. The first-order valence-corrected chi connectivity index (χ1v) is 8.60. The Balaban J connectivity index is 1.74. The molecule has 0 aliphatic carbocycles. The molecule has 0 bridgehead atoms. The van der Waals surface area contributed by atoms with Crippen molar-refractivity contribution in [3.63, 3.8) is 0 Å². The number of nitrogens with zero attached hydrogens (tertiary/aromatic N) is 2. The highest BCUT2D eigenvalue weighted by molar-refractivity contribution is 7.99. The van der Waals surface area contributed by atoms with Gasteiger partial charge in [-0.25, -0.2) is 4.98 Å². The molecule has 0 spiro atoms. The van der Waals surface area contributed by atoms with Gasteiger partial charge in [0.1, 0.15) is 12.4 Å². The second-order valence-electron chi connectivity index (χ2n) is 4.77. The first kappa shape index (κ1) is 15.3. The van der Waals surface area contributed by atoms with Crippen LogP contribution in [0, 0.1) is 0 Å². The summed E-state index contributed by atoms with van der Waals surface area (Å²) in [5, 5.41) is 1.76. The summed E-state index contributed by atoms with van der Waals surface area (Å²) in [6.07, 6.45) is 0. The number of aromatic nitrogens is 2. The first-order valence-electron chi connectivity index (χ1n) is 7.24. The van der Waals surface area contributed by atoms with Crippen molar-refractivity contribution in [1.82, 2.24) is 9.55 Å². The number of ether oxygens (including phenoxy) is 1. The fraction of sp³-hybridized carbons (Fsp3) is 0.235. The van der Waals surface area contributed by atoms with E-state index in [0.29, 0.717) is 6.61 Å². The van der Waals surface area contributed by atoms with Crippen LogP contribution in [0.25, 0.3) is 11.0 Å². The van der Waals surface area contributed by atoms with Crippen LogP contribution in [-0.4, -0.2) is 21.9 Å². The predicted molar refractivity (Wildman–Crippen MR) is 93.1 cm³/mol. The molecule has 0 saturated heterocycles. The van der Waals surface area contributed by atoms with E-state index >= 15 is 0 Å². The maximum absolute atomic E-state index is 5.88. The molecule has 0 amide bonds. The van der Waals surface area contributed by atoms with Gasteiger partial charge in [-0.15, -0.1) is 0 Å². The Hall–Kier alpha value is -1.65. The van der Waals surface area contributed by atoms with E-state index in [2.05, 4.69) is 17.6 Å². The number of thioether (sulfide) groups is 1. The Kier molecular flexibility index (Phi) is 4.90. The van der Waals surface area contributed by atoms with Crippen LogP contribution in [0.2, 0.25) is 5.02 Å². The Morgan fingerprint density at radius 1 is 1.14 bits per heavy atom. The number of imidazole rings is 1. The van der Waals surface area contributed by atoms with Gasteiger partial charge in [-0.1, -0.05) is 42.4 Å². The maximum Gasteiger partial charge on any atom is 0.169 e. The third-order valence-electron chi connectivity index (χ3n) is 3.29. The molecule has 0 N–H and O–H groups in total. The number of hydrogen-bond acceptors (Lipinski definition) is 3. The molecule has 0 fully saturated rings. The van der Waals surface area contributed by atoms with Crippen LogP contribution in [0.5, 0.6) is 5.75 Å². The zero-order chi connectivity index (χ0) is 15.4. The molecule has 0 atom stereocenters. The van der Waals surface area contributed by atoms with Gasteiger partial charge >= 0.3 is 0 Å². The maximum atomic E-state index is 5.88. The molecular weight excluding hydrogens is 316 g/mol. The molecule has 3 aromatic rings. The lowest BCUT2D eigenvalue weighted by atomic mass is 10.3. The molecule has 0 radical (unpaired) electrons. The second kappa shape index (κ2) is 7.07. The minimum Gasteiger partial charge on any atom is -0.492 e. The number of hydrogen-bond donors (Lipinski definition) is 0. The van der Waals surface area contributed by atoms with Crippen LogP contribution in [0.1, 0.15) is 6.92 Å². The van der Waals surface area contributed by atoms with Gasteiger partial charge < -0.3 is 9.30 Å². The lowest BCUT2D eigenvalue weighted by molar-refractivity contribution is 0.295. The van der Waals surface area contributed by atoms with Crippen molar-refractivity contribution in [2.45, 2.75) is 18.6 Å². The van der Waals surface area contributed by atoms with Crippen molar-refractivity contribution in [2.75, 3.05) is 12.4 Å². The third-order valence-corrected chi connectivity index (χ3v) is 4.40. The molecule has 3 nitrogen and oxygen atoms in total. The Morgan fingerprint density at radius 2 is 1.91 bits per heavy atom. The van der Waals surface area contributed by atoms with Gasteiger partial charge in [-0.3, -0.25) is 0 Å².